The summed E-state index contributed by atoms with van der Waals surface area (Å²) in [4.78, 5) is 30.8. The summed E-state index contributed by atoms with van der Waals surface area (Å²) in [5, 5.41) is 9.32. The second kappa shape index (κ2) is 11.0. The summed E-state index contributed by atoms with van der Waals surface area (Å²) in [6.45, 7) is 6.27. The smallest absolute Gasteiger partial charge is 0.233 e. The molecule has 2 fully saturated rings. The Morgan fingerprint density at radius 1 is 1.06 bits per heavy atom. The molecule has 0 spiro atoms. The van der Waals surface area contributed by atoms with Crippen molar-refractivity contribution >= 4 is 29.3 Å². The van der Waals surface area contributed by atoms with Crippen LogP contribution in [0.25, 0.3) is 0 Å². The third-order valence-corrected chi connectivity index (χ3v) is 7.22. The molecule has 2 aliphatic heterocycles. The number of piperazine rings is 1. The van der Waals surface area contributed by atoms with E-state index in [0.29, 0.717) is 56.5 Å². The fourth-order valence-corrected chi connectivity index (χ4v) is 5.28. The van der Waals surface area contributed by atoms with Crippen LogP contribution in [-0.2, 0) is 22.7 Å². The maximum absolute atomic E-state index is 14.0. The lowest BCUT2D eigenvalue weighted by Crippen LogP contribution is -2.49. The molecule has 0 atom stereocenters. The summed E-state index contributed by atoms with van der Waals surface area (Å²) in [5.74, 6) is 1.03. The summed E-state index contributed by atoms with van der Waals surface area (Å²) >= 11 is 1.38. The number of halogens is 1. The Balaban J connectivity index is 1.30. The normalized spacial score (nSPS) is 17.4. The van der Waals surface area contributed by atoms with E-state index in [0.717, 1.165) is 31.6 Å². The van der Waals surface area contributed by atoms with E-state index >= 15 is 0 Å². The average Bonchev–Trinajstić information content (AvgIpc) is 3.11. The van der Waals surface area contributed by atoms with Crippen molar-refractivity contribution in [3.63, 3.8) is 0 Å². The number of amides is 2. The summed E-state index contributed by atoms with van der Waals surface area (Å²) in [7, 11) is 0. The molecule has 8 nitrogen and oxygen atoms in total. The molecule has 0 radical (unpaired) electrons. The van der Waals surface area contributed by atoms with E-state index in [-0.39, 0.29) is 23.4 Å². The van der Waals surface area contributed by atoms with Crippen LogP contribution in [0.2, 0.25) is 0 Å². The molecule has 2 saturated heterocycles. The van der Waals surface area contributed by atoms with Gasteiger partial charge in [0.1, 0.15) is 5.82 Å². The number of hydrogen-bond donors (Lipinski definition) is 0. The largest absolute Gasteiger partial charge is 0.366 e. The molecule has 0 saturated carbocycles. The lowest BCUT2D eigenvalue weighted by atomic mass is 10.2. The number of carbonyl (C=O) groups is 2. The Hall–Kier alpha value is -2.62. The van der Waals surface area contributed by atoms with Crippen LogP contribution in [0.4, 0.5) is 10.1 Å². The lowest BCUT2D eigenvalue weighted by Gasteiger charge is -2.36. The quantitative estimate of drug-likeness (QED) is 0.575. The van der Waals surface area contributed by atoms with Crippen LogP contribution in [0.3, 0.4) is 0 Å². The standard InChI is InChI=1S/C23H31FN6O2S/c1-2-30-20(16-29-11-7-3-4-10-21(29)31)25-26-23(30)33-17-22(32)28-14-12-27(13-15-28)19-9-6-5-8-18(19)24/h5-6,8-9H,2-4,7,10-17H2,1H3. The maximum atomic E-state index is 14.0. The summed E-state index contributed by atoms with van der Waals surface area (Å²) in [6.07, 6.45) is 3.65. The Kier molecular flexibility index (Phi) is 7.85. The molecule has 2 aromatic rings. The van der Waals surface area contributed by atoms with Crippen molar-refractivity contribution in [3.05, 3.63) is 35.9 Å². The molecular formula is C23H31FN6O2S. The van der Waals surface area contributed by atoms with Crippen molar-refractivity contribution in [3.8, 4) is 0 Å². The maximum Gasteiger partial charge on any atom is 0.233 e. The first kappa shape index (κ1) is 23.5. The highest BCUT2D eigenvalue weighted by atomic mass is 32.2. The van der Waals surface area contributed by atoms with Crippen molar-refractivity contribution in [2.24, 2.45) is 0 Å². The van der Waals surface area contributed by atoms with Gasteiger partial charge in [0.2, 0.25) is 11.8 Å². The van der Waals surface area contributed by atoms with Gasteiger partial charge < -0.3 is 19.3 Å². The van der Waals surface area contributed by atoms with E-state index in [4.69, 9.17) is 0 Å². The molecule has 0 N–H and O–H groups in total. The van der Waals surface area contributed by atoms with Crippen molar-refractivity contribution in [1.29, 1.82) is 0 Å². The Bertz CT molecular complexity index is 976. The first-order chi connectivity index (χ1) is 16.1. The second-order valence-corrected chi connectivity index (χ2v) is 9.32. The first-order valence-electron chi connectivity index (χ1n) is 11.7. The van der Waals surface area contributed by atoms with Gasteiger partial charge in [-0.1, -0.05) is 30.3 Å². The number of hydrogen-bond acceptors (Lipinski definition) is 6. The third-order valence-electron chi connectivity index (χ3n) is 6.26. The Labute approximate surface area is 198 Å². The number of likely N-dealkylation sites (tertiary alicyclic amines) is 1. The molecule has 33 heavy (non-hydrogen) atoms. The van der Waals surface area contributed by atoms with Crippen LogP contribution in [0.15, 0.2) is 29.4 Å². The van der Waals surface area contributed by atoms with Gasteiger partial charge in [-0.3, -0.25) is 9.59 Å². The molecule has 2 aliphatic rings. The van der Waals surface area contributed by atoms with E-state index < -0.39 is 0 Å². The number of benzene rings is 1. The SMILES string of the molecule is CCn1c(CN2CCCCCC2=O)nnc1SCC(=O)N1CCN(c2ccccc2F)CC1. The molecule has 2 amide bonds. The molecule has 0 aliphatic carbocycles. The van der Waals surface area contributed by atoms with Crippen LogP contribution in [-0.4, -0.2) is 74.9 Å². The predicted octanol–water partition coefficient (Wildman–Crippen LogP) is 2.78. The van der Waals surface area contributed by atoms with Gasteiger partial charge in [0.15, 0.2) is 11.0 Å². The number of rotatable bonds is 7. The highest BCUT2D eigenvalue weighted by Gasteiger charge is 2.24. The first-order valence-corrected chi connectivity index (χ1v) is 12.6. The number of anilines is 1. The van der Waals surface area contributed by atoms with Crippen LogP contribution >= 0.6 is 11.8 Å². The number of carbonyl (C=O) groups excluding carboxylic acids is 2. The van der Waals surface area contributed by atoms with Gasteiger partial charge in [0.25, 0.3) is 0 Å². The summed E-state index contributed by atoms with van der Waals surface area (Å²) < 4.78 is 16.0. The third kappa shape index (κ3) is 5.66. The van der Waals surface area contributed by atoms with Crippen molar-refractivity contribution in [1.82, 2.24) is 24.6 Å². The molecule has 1 aromatic heterocycles. The van der Waals surface area contributed by atoms with E-state index in [1.54, 1.807) is 12.1 Å². The average molecular weight is 475 g/mol. The fourth-order valence-electron chi connectivity index (χ4n) is 4.36. The zero-order chi connectivity index (χ0) is 23.2. The lowest BCUT2D eigenvalue weighted by molar-refractivity contribution is -0.131. The van der Waals surface area contributed by atoms with E-state index in [9.17, 15) is 14.0 Å². The van der Waals surface area contributed by atoms with Crippen molar-refractivity contribution in [2.75, 3.05) is 43.4 Å². The number of thioether (sulfide) groups is 1. The number of nitrogens with zero attached hydrogens (tertiary/aromatic N) is 6. The summed E-state index contributed by atoms with van der Waals surface area (Å²) in [5.41, 5.74) is 0.588. The highest BCUT2D eigenvalue weighted by Crippen LogP contribution is 2.22. The predicted molar refractivity (Wildman–Crippen MR) is 125 cm³/mol. The number of para-hydroxylation sites is 1. The van der Waals surface area contributed by atoms with Gasteiger partial charge in [0, 0.05) is 45.7 Å². The van der Waals surface area contributed by atoms with Crippen molar-refractivity contribution in [2.45, 2.75) is 50.9 Å². The van der Waals surface area contributed by atoms with Crippen LogP contribution in [0.5, 0.6) is 0 Å². The fraction of sp³-hybridized carbons (Fsp3) is 0.565. The number of aromatic nitrogens is 3. The molecule has 0 bridgehead atoms. The molecular weight excluding hydrogens is 443 g/mol. The van der Waals surface area contributed by atoms with Crippen LogP contribution in [0, 0.1) is 5.82 Å². The van der Waals surface area contributed by atoms with Gasteiger partial charge in [-0.2, -0.15) is 0 Å². The monoisotopic (exact) mass is 474 g/mol. The molecule has 10 heteroatoms. The van der Waals surface area contributed by atoms with Gasteiger partial charge in [-0.05, 0) is 31.9 Å². The molecule has 0 unspecified atom stereocenters. The Morgan fingerprint density at radius 2 is 1.85 bits per heavy atom. The van der Waals surface area contributed by atoms with Crippen molar-refractivity contribution < 1.29 is 14.0 Å². The summed E-state index contributed by atoms with van der Waals surface area (Å²) in [6, 6.07) is 6.75. The van der Waals surface area contributed by atoms with Gasteiger partial charge in [-0.15, -0.1) is 10.2 Å². The van der Waals surface area contributed by atoms with Crippen LogP contribution < -0.4 is 4.90 Å². The van der Waals surface area contributed by atoms with E-state index in [2.05, 4.69) is 10.2 Å². The van der Waals surface area contributed by atoms with Gasteiger partial charge >= 0.3 is 0 Å². The minimum absolute atomic E-state index is 0.0445. The Morgan fingerprint density at radius 3 is 2.61 bits per heavy atom. The zero-order valence-corrected chi connectivity index (χ0v) is 19.9. The van der Waals surface area contributed by atoms with E-state index in [1.807, 2.05) is 32.3 Å². The van der Waals surface area contributed by atoms with Gasteiger partial charge in [-0.25, -0.2) is 4.39 Å². The molecule has 1 aromatic carbocycles. The molecule has 3 heterocycles. The minimum atomic E-state index is -0.232. The highest BCUT2D eigenvalue weighted by molar-refractivity contribution is 7.99. The second-order valence-electron chi connectivity index (χ2n) is 8.38. The molecule has 178 valence electrons. The van der Waals surface area contributed by atoms with E-state index in [1.165, 1.54) is 17.8 Å². The molecule has 4 rings (SSSR count). The zero-order valence-electron chi connectivity index (χ0n) is 19.1. The topological polar surface area (TPSA) is 74.6 Å². The minimum Gasteiger partial charge on any atom is -0.366 e. The van der Waals surface area contributed by atoms with Gasteiger partial charge in [0.05, 0.1) is 18.0 Å². The van der Waals surface area contributed by atoms with Crippen LogP contribution in [0.1, 0.15) is 38.4 Å².